The van der Waals surface area contributed by atoms with Gasteiger partial charge < -0.3 is 19.7 Å². The number of para-hydroxylation sites is 2. The molecule has 5 nitrogen and oxygen atoms in total. The minimum Gasteiger partial charge on any atom is -0.486 e. The van der Waals surface area contributed by atoms with Crippen LogP contribution in [0.5, 0.6) is 5.75 Å². The minimum atomic E-state index is -0.934. The lowest BCUT2D eigenvalue weighted by Gasteiger charge is -2.33. The Hall–Kier alpha value is -2.67. The van der Waals surface area contributed by atoms with Crippen LogP contribution >= 0.6 is 0 Å². The third-order valence-electron chi connectivity index (χ3n) is 4.21. The molecule has 0 radical (unpaired) electrons. The fourth-order valence-corrected chi connectivity index (χ4v) is 2.93. The molecule has 2 aromatic rings. The van der Waals surface area contributed by atoms with Crippen LogP contribution in [0.15, 0.2) is 42.5 Å². The molecular weight excluding hydrogens is 366 g/mol. The number of rotatable bonds is 3. The van der Waals surface area contributed by atoms with Crippen LogP contribution in [-0.2, 0) is 4.74 Å². The van der Waals surface area contributed by atoms with Gasteiger partial charge in [0.1, 0.15) is 17.5 Å². The van der Waals surface area contributed by atoms with Gasteiger partial charge in [0.05, 0.1) is 18.8 Å². The number of hydrogen-bond donors (Lipinski definition) is 1. The largest absolute Gasteiger partial charge is 0.486 e. The number of nitrogens with zero attached hydrogens (tertiary/aromatic N) is 1. The van der Waals surface area contributed by atoms with E-state index in [4.69, 9.17) is 9.47 Å². The third kappa shape index (κ3) is 4.98. The van der Waals surface area contributed by atoms with E-state index < -0.39 is 23.3 Å². The van der Waals surface area contributed by atoms with Gasteiger partial charge in [-0.25, -0.2) is 13.6 Å². The molecule has 7 heteroatoms. The molecule has 1 atom stereocenters. The van der Waals surface area contributed by atoms with Crippen molar-refractivity contribution < 1.29 is 23.0 Å². The van der Waals surface area contributed by atoms with E-state index in [9.17, 15) is 13.6 Å². The first-order valence-electron chi connectivity index (χ1n) is 9.13. The van der Waals surface area contributed by atoms with Gasteiger partial charge in [-0.3, -0.25) is 0 Å². The predicted octanol–water partition coefficient (Wildman–Crippen LogP) is 4.75. The van der Waals surface area contributed by atoms with Crippen LogP contribution in [0.1, 0.15) is 32.4 Å². The van der Waals surface area contributed by atoms with Gasteiger partial charge in [0, 0.05) is 6.54 Å². The number of urea groups is 1. The standard InChI is InChI=1S/C21H24F2N2O3/c1-21(2,3)28-18-7-5-4-6-17(18)24-20(26)25-10-11-27-19(13-25)14-8-9-15(22)16(23)12-14/h4-9,12,19H,10-11,13H2,1-3H3,(H,24,26). The summed E-state index contributed by atoms with van der Waals surface area (Å²) in [4.78, 5) is 14.3. The Morgan fingerprint density at radius 3 is 2.64 bits per heavy atom. The van der Waals surface area contributed by atoms with Crippen molar-refractivity contribution in [3.63, 3.8) is 0 Å². The Bertz CT molecular complexity index is 852. The number of benzene rings is 2. The molecule has 1 aliphatic heterocycles. The Labute approximate surface area is 163 Å². The zero-order valence-corrected chi connectivity index (χ0v) is 16.2. The SMILES string of the molecule is CC(C)(C)Oc1ccccc1NC(=O)N1CCOC(c2ccc(F)c(F)c2)C1. The smallest absolute Gasteiger partial charge is 0.322 e. The van der Waals surface area contributed by atoms with Crippen molar-refractivity contribution >= 4 is 11.7 Å². The van der Waals surface area contributed by atoms with E-state index in [-0.39, 0.29) is 12.6 Å². The molecule has 1 heterocycles. The molecule has 150 valence electrons. The molecule has 1 fully saturated rings. The van der Waals surface area contributed by atoms with E-state index in [0.29, 0.717) is 30.2 Å². The number of nitrogens with one attached hydrogen (secondary N) is 1. The van der Waals surface area contributed by atoms with Gasteiger partial charge in [-0.15, -0.1) is 0 Å². The van der Waals surface area contributed by atoms with Crippen LogP contribution in [0, 0.1) is 11.6 Å². The minimum absolute atomic E-state index is 0.235. The average molecular weight is 390 g/mol. The summed E-state index contributed by atoms with van der Waals surface area (Å²) >= 11 is 0. The quantitative estimate of drug-likeness (QED) is 0.823. The summed E-state index contributed by atoms with van der Waals surface area (Å²) in [5.74, 6) is -1.27. The molecule has 0 spiro atoms. The third-order valence-corrected chi connectivity index (χ3v) is 4.21. The second kappa shape index (κ2) is 8.14. The Kier molecular flexibility index (Phi) is 5.84. The highest BCUT2D eigenvalue weighted by Gasteiger charge is 2.27. The van der Waals surface area contributed by atoms with E-state index in [2.05, 4.69) is 5.32 Å². The van der Waals surface area contributed by atoms with E-state index in [0.717, 1.165) is 12.1 Å². The van der Waals surface area contributed by atoms with Gasteiger partial charge in [-0.05, 0) is 50.6 Å². The van der Waals surface area contributed by atoms with E-state index in [1.54, 1.807) is 17.0 Å². The Morgan fingerprint density at radius 1 is 1.18 bits per heavy atom. The maximum atomic E-state index is 13.5. The molecule has 1 aliphatic rings. The summed E-state index contributed by atoms with van der Waals surface area (Å²) in [7, 11) is 0. The number of anilines is 1. The lowest BCUT2D eigenvalue weighted by Crippen LogP contribution is -2.44. The van der Waals surface area contributed by atoms with Crippen LogP contribution < -0.4 is 10.1 Å². The maximum Gasteiger partial charge on any atom is 0.322 e. The number of ether oxygens (including phenoxy) is 2. The molecule has 2 aromatic carbocycles. The number of hydrogen-bond acceptors (Lipinski definition) is 3. The van der Waals surface area contributed by atoms with Crippen LogP contribution in [0.25, 0.3) is 0 Å². The molecule has 2 amide bonds. The molecule has 28 heavy (non-hydrogen) atoms. The van der Waals surface area contributed by atoms with E-state index in [1.807, 2.05) is 32.9 Å². The highest BCUT2D eigenvalue weighted by Crippen LogP contribution is 2.29. The molecular formula is C21H24F2N2O3. The maximum absolute atomic E-state index is 13.5. The number of carbonyl (C=O) groups excluding carboxylic acids is 1. The highest BCUT2D eigenvalue weighted by atomic mass is 19.2. The summed E-state index contributed by atoms with van der Waals surface area (Å²) in [5.41, 5.74) is 0.656. The summed E-state index contributed by atoms with van der Waals surface area (Å²) in [6.07, 6.45) is -0.518. The van der Waals surface area contributed by atoms with Gasteiger partial charge in [0.2, 0.25) is 0 Å². The molecule has 0 bridgehead atoms. The first kappa shape index (κ1) is 20.1. The molecule has 1 unspecified atom stereocenters. The van der Waals surface area contributed by atoms with Crippen molar-refractivity contribution in [2.24, 2.45) is 0 Å². The van der Waals surface area contributed by atoms with Crippen molar-refractivity contribution in [2.75, 3.05) is 25.0 Å². The second-order valence-corrected chi connectivity index (χ2v) is 7.62. The van der Waals surface area contributed by atoms with Crippen LogP contribution in [0.4, 0.5) is 19.3 Å². The zero-order chi connectivity index (χ0) is 20.3. The summed E-state index contributed by atoms with van der Waals surface area (Å²) in [6, 6.07) is 10.5. The average Bonchev–Trinajstić information content (AvgIpc) is 2.64. The monoisotopic (exact) mass is 390 g/mol. The lowest BCUT2D eigenvalue weighted by molar-refractivity contribution is -0.0137. The Balaban J connectivity index is 1.70. The topological polar surface area (TPSA) is 50.8 Å². The highest BCUT2D eigenvalue weighted by molar-refractivity contribution is 5.91. The summed E-state index contributed by atoms with van der Waals surface area (Å²) in [5, 5.41) is 2.87. The lowest BCUT2D eigenvalue weighted by atomic mass is 10.1. The molecule has 3 rings (SSSR count). The number of halogens is 2. The van der Waals surface area contributed by atoms with Gasteiger partial charge >= 0.3 is 6.03 Å². The first-order chi connectivity index (χ1) is 13.2. The Morgan fingerprint density at radius 2 is 1.93 bits per heavy atom. The van der Waals surface area contributed by atoms with Crippen LogP contribution in [-0.4, -0.2) is 36.2 Å². The molecule has 0 aliphatic carbocycles. The summed E-state index contributed by atoms with van der Waals surface area (Å²) in [6.45, 7) is 6.73. The van der Waals surface area contributed by atoms with Crippen molar-refractivity contribution in [1.82, 2.24) is 4.90 Å². The van der Waals surface area contributed by atoms with Crippen LogP contribution in [0.3, 0.4) is 0 Å². The van der Waals surface area contributed by atoms with Crippen LogP contribution in [0.2, 0.25) is 0 Å². The molecule has 0 saturated carbocycles. The first-order valence-corrected chi connectivity index (χ1v) is 9.13. The van der Waals surface area contributed by atoms with Gasteiger partial charge in [-0.1, -0.05) is 18.2 Å². The molecule has 1 saturated heterocycles. The fourth-order valence-electron chi connectivity index (χ4n) is 2.93. The van der Waals surface area contributed by atoms with Gasteiger partial charge in [0.15, 0.2) is 11.6 Å². The van der Waals surface area contributed by atoms with Crippen molar-refractivity contribution in [1.29, 1.82) is 0 Å². The molecule has 1 N–H and O–H groups in total. The normalized spacial score (nSPS) is 17.3. The zero-order valence-electron chi connectivity index (χ0n) is 16.2. The fraction of sp³-hybridized carbons (Fsp3) is 0.381. The van der Waals surface area contributed by atoms with Gasteiger partial charge in [0.25, 0.3) is 0 Å². The van der Waals surface area contributed by atoms with Crippen molar-refractivity contribution in [2.45, 2.75) is 32.5 Å². The van der Waals surface area contributed by atoms with E-state index in [1.165, 1.54) is 6.07 Å². The van der Waals surface area contributed by atoms with Crippen molar-refractivity contribution in [3.8, 4) is 5.75 Å². The van der Waals surface area contributed by atoms with Gasteiger partial charge in [-0.2, -0.15) is 0 Å². The number of morpholine rings is 1. The molecule has 0 aromatic heterocycles. The van der Waals surface area contributed by atoms with Crippen molar-refractivity contribution in [3.05, 3.63) is 59.7 Å². The predicted molar refractivity (Wildman–Crippen MR) is 102 cm³/mol. The second-order valence-electron chi connectivity index (χ2n) is 7.62. The summed E-state index contributed by atoms with van der Waals surface area (Å²) < 4.78 is 38.2. The van der Waals surface area contributed by atoms with E-state index >= 15 is 0 Å². The number of amides is 2. The number of carbonyl (C=O) groups is 1.